The minimum atomic E-state index is 0.496. The molecule has 3 nitrogen and oxygen atoms in total. The van der Waals surface area contributed by atoms with Crippen LogP contribution >= 0.6 is 11.6 Å². The van der Waals surface area contributed by atoms with Crippen LogP contribution in [0.15, 0.2) is 30.5 Å². The Labute approximate surface area is 93.5 Å². The van der Waals surface area contributed by atoms with E-state index < -0.39 is 0 Å². The summed E-state index contributed by atoms with van der Waals surface area (Å²) < 4.78 is 1.81. The summed E-state index contributed by atoms with van der Waals surface area (Å²) in [6, 6.07) is 7.61. The molecule has 0 aliphatic rings. The van der Waals surface area contributed by atoms with Crippen molar-refractivity contribution in [1.29, 1.82) is 0 Å². The Bertz CT molecular complexity index is 476. The van der Waals surface area contributed by atoms with E-state index in [-0.39, 0.29) is 0 Å². The Kier molecular flexibility index (Phi) is 2.75. The zero-order valence-electron chi connectivity index (χ0n) is 8.44. The summed E-state index contributed by atoms with van der Waals surface area (Å²) in [5.41, 5.74) is 8.55. The number of rotatable bonds is 2. The highest BCUT2D eigenvalue weighted by Crippen LogP contribution is 2.21. The summed E-state index contributed by atoms with van der Waals surface area (Å²) in [5, 5.41) is 4.96. The number of nitrogens with zero attached hydrogens (tertiary/aromatic N) is 2. The summed E-state index contributed by atoms with van der Waals surface area (Å²) in [4.78, 5) is 0. The molecule has 0 bridgehead atoms. The van der Waals surface area contributed by atoms with Crippen molar-refractivity contribution in [3.05, 3.63) is 46.7 Å². The average molecular weight is 222 g/mol. The van der Waals surface area contributed by atoms with Crippen LogP contribution in [-0.2, 0) is 6.54 Å². The van der Waals surface area contributed by atoms with Gasteiger partial charge >= 0.3 is 0 Å². The predicted molar refractivity (Wildman–Crippen MR) is 61.2 cm³/mol. The van der Waals surface area contributed by atoms with Crippen molar-refractivity contribution >= 4 is 11.6 Å². The SMILES string of the molecule is Cc1c(CN)cnn1-c1ccccc1Cl. The summed E-state index contributed by atoms with van der Waals surface area (Å²) in [6.07, 6.45) is 1.78. The van der Waals surface area contributed by atoms with Crippen LogP contribution in [0.2, 0.25) is 5.02 Å². The normalized spacial score (nSPS) is 10.6. The molecule has 0 aliphatic heterocycles. The standard InChI is InChI=1S/C11H12ClN3/c1-8-9(6-13)7-14-15(8)11-5-3-2-4-10(11)12/h2-5,7H,6,13H2,1H3. The van der Waals surface area contributed by atoms with E-state index in [1.807, 2.05) is 35.9 Å². The smallest absolute Gasteiger partial charge is 0.0834 e. The molecule has 2 aromatic rings. The van der Waals surface area contributed by atoms with Gasteiger partial charge in [-0.15, -0.1) is 0 Å². The average Bonchev–Trinajstić information content (AvgIpc) is 2.60. The first-order chi connectivity index (χ1) is 7.24. The molecule has 0 saturated heterocycles. The second kappa shape index (κ2) is 4.04. The van der Waals surface area contributed by atoms with Crippen molar-refractivity contribution in [3.63, 3.8) is 0 Å². The van der Waals surface area contributed by atoms with Crippen molar-refractivity contribution in [2.75, 3.05) is 0 Å². The third-order valence-corrected chi connectivity index (χ3v) is 2.73. The number of benzene rings is 1. The van der Waals surface area contributed by atoms with Gasteiger partial charge in [0.25, 0.3) is 0 Å². The summed E-state index contributed by atoms with van der Waals surface area (Å²) in [6.45, 7) is 2.48. The first-order valence-electron chi connectivity index (χ1n) is 4.72. The van der Waals surface area contributed by atoms with Crippen molar-refractivity contribution in [3.8, 4) is 5.69 Å². The minimum absolute atomic E-state index is 0.496. The van der Waals surface area contributed by atoms with Gasteiger partial charge in [0.05, 0.1) is 16.9 Å². The van der Waals surface area contributed by atoms with Crippen LogP contribution in [0.5, 0.6) is 0 Å². The molecule has 0 atom stereocenters. The second-order valence-corrected chi connectivity index (χ2v) is 3.73. The van der Waals surface area contributed by atoms with Crippen molar-refractivity contribution < 1.29 is 0 Å². The van der Waals surface area contributed by atoms with Gasteiger partial charge in [0.15, 0.2) is 0 Å². The summed E-state index contributed by atoms with van der Waals surface area (Å²) >= 11 is 6.09. The van der Waals surface area contributed by atoms with Gasteiger partial charge in [-0.3, -0.25) is 0 Å². The summed E-state index contributed by atoms with van der Waals surface area (Å²) in [5.74, 6) is 0. The molecule has 2 rings (SSSR count). The fraction of sp³-hybridized carbons (Fsp3) is 0.182. The zero-order chi connectivity index (χ0) is 10.8. The zero-order valence-corrected chi connectivity index (χ0v) is 9.20. The quantitative estimate of drug-likeness (QED) is 0.846. The molecule has 0 spiro atoms. The van der Waals surface area contributed by atoms with Gasteiger partial charge in [-0.25, -0.2) is 4.68 Å². The molecule has 15 heavy (non-hydrogen) atoms. The molecule has 0 aliphatic carbocycles. The molecule has 0 unspecified atom stereocenters. The van der Waals surface area contributed by atoms with Gasteiger partial charge in [0, 0.05) is 17.8 Å². The molecule has 1 aromatic heterocycles. The Hall–Kier alpha value is -1.32. The maximum atomic E-state index is 6.09. The van der Waals surface area contributed by atoms with E-state index in [9.17, 15) is 0 Å². The van der Waals surface area contributed by atoms with Gasteiger partial charge in [0.2, 0.25) is 0 Å². The molecule has 0 fully saturated rings. The van der Waals surface area contributed by atoms with E-state index in [2.05, 4.69) is 5.10 Å². The Morgan fingerprint density at radius 1 is 1.40 bits per heavy atom. The van der Waals surface area contributed by atoms with Crippen LogP contribution in [-0.4, -0.2) is 9.78 Å². The highest BCUT2D eigenvalue weighted by molar-refractivity contribution is 6.32. The third kappa shape index (κ3) is 1.76. The van der Waals surface area contributed by atoms with Crippen LogP contribution in [0, 0.1) is 6.92 Å². The minimum Gasteiger partial charge on any atom is -0.326 e. The largest absolute Gasteiger partial charge is 0.326 e. The van der Waals surface area contributed by atoms with E-state index in [1.165, 1.54) is 0 Å². The van der Waals surface area contributed by atoms with Crippen LogP contribution in [0.4, 0.5) is 0 Å². The number of para-hydroxylation sites is 1. The van der Waals surface area contributed by atoms with E-state index >= 15 is 0 Å². The first kappa shape index (κ1) is 10.2. The van der Waals surface area contributed by atoms with Crippen LogP contribution in [0.25, 0.3) is 5.69 Å². The van der Waals surface area contributed by atoms with E-state index in [1.54, 1.807) is 6.20 Å². The number of aromatic nitrogens is 2. The maximum absolute atomic E-state index is 6.09. The lowest BCUT2D eigenvalue weighted by molar-refractivity contribution is 0.843. The van der Waals surface area contributed by atoms with E-state index in [0.29, 0.717) is 11.6 Å². The molecule has 1 heterocycles. The first-order valence-corrected chi connectivity index (χ1v) is 5.10. The highest BCUT2D eigenvalue weighted by atomic mass is 35.5. The van der Waals surface area contributed by atoms with Crippen molar-refractivity contribution in [2.45, 2.75) is 13.5 Å². The topological polar surface area (TPSA) is 43.8 Å². The van der Waals surface area contributed by atoms with Crippen molar-refractivity contribution in [1.82, 2.24) is 9.78 Å². The fourth-order valence-electron chi connectivity index (χ4n) is 1.51. The Morgan fingerprint density at radius 3 is 2.73 bits per heavy atom. The van der Waals surface area contributed by atoms with Gasteiger partial charge in [-0.05, 0) is 19.1 Å². The van der Waals surface area contributed by atoms with E-state index in [0.717, 1.165) is 16.9 Å². The van der Waals surface area contributed by atoms with Crippen LogP contribution in [0.3, 0.4) is 0 Å². The van der Waals surface area contributed by atoms with Gasteiger partial charge in [-0.1, -0.05) is 23.7 Å². The summed E-state index contributed by atoms with van der Waals surface area (Å²) in [7, 11) is 0. The molecule has 1 aromatic carbocycles. The Morgan fingerprint density at radius 2 is 2.13 bits per heavy atom. The van der Waals surface area contributed by atoms with Crippen LogP contribution < -0.4 is 5.73 Å². The van der Waals surface area contributed by atoms with Crippen LogP contribution in [0.1, 0.15) is 11.3 Å². The molecule has 78 valence electrons. The van der Waals surface area contributed by atoms with Gasteiger partial charge in [0.1, 0.15) is 0 Å². The molecular weight excluding hydrogens is 210 g/mol. The molecule has 0 radical (unpaired) electrons. The monoisotopic (exact) mass is 221 g/mol. The number of halogens is 1. The third-order valence-electron chi connectivity index (χ3n) is 2.41. The highest BCUT2D eigenvalue weighted by Gasteiger charge is 2.08. The molecule has 2 N–H and O–H groups in total. The number of hydrogen-bond acceptors (Lipinski definition) is 2. The lowest BCUT2D eigenvalue weighted by Crippen LogP contribution is -2.02. The lowest BCUT2D eigenvalue weighted by Gasteiger charge is -2.06. The molecular formula is C11H12ClN3. The Balaban J connectivity index is 2.55. The predicted octanol–water partition coefficient (Wildman–Crippen LogP) is 2.29. The van der Waals surface area contributed by atoms with Gasteiger partial charge < -0.3 is 5.73 Å². The molecule has 4 heteroatoms. The molecule has 0 amide bonds. The fourth-order valence-corrected chi connectivity index (χ4v) is 1.73. The number of hydrogen-bond donors (Lipinski definition) is 1. The molecule has 0 saturated carbocycles. The maximum Gasteiger partial charge on any atom is 0.0834 e. The van der Waals surface area contributed by atoms with Gasteiger partial charge in [-0.2, -0.15) is 5.10 Å². The second-order valence-electron chi connectivity index (χ2n) is 3.32. The number of nitrogens with two attached hydrogens (primary N) is 1. The lowest BCUT2D eigenvalue weighted by atomic mass is 10.2. The van der Waals surface area contributed by atoms with Crippen molar-refractivity contribution in [2.24, 2.45) is 5.73 Å². The van der Waals surface area contributed by atoms with E-state index in [4.69, 9.17) is 17.3 Å².